The number of ether oxygens (including phenoxy) is 2. The number of unbranched alkanes of at least 4 members (excludes halogenated alkanes) is 1. The Balaban J connectivity index is 1.62. The van der Waals surface area contributed by atoms with Crippen molar-refractivity contribution < 1.29 is 18.8 Å². The highest BCUT2D eigenvalue weighted by molar-refractivity contribution is 9.10. The molecule has 0 bridgehead atoms. The van der Waals surface area contributed by atoms with Gasteiger partial charge in [-0.25, -0.2) is 4.79 Å². The van der Waals surface area contributed by atoms with Gasteiger partial charge in [0.15, 0.2) is 11.6 Å². The molecule has 8 heteroatoms. The Kier molecular flexibility index (Phi) is 6.60. The van der Waals surface area contributed by atoms with Gasteiger partial charge in [0.25, 0.3) is 0 Å². The molecule has 0 aliphatic carbocycles. The summed E-state index contributed by atoms with van der Waals surface area (Å²) in [4.78, 5) is 15.9. The molecule has 2 aromatic rings. The average molecular weight is 438 g/mol. The number of piperazine rings is 1. The Morgan fingerprint density at radius 3 is 2.78 bits per heavy atom. The van der Waals surface area contributed by atoms with E-state index < -0.39 is 0 Å². The van der Waals surface area contributed by atoms with Crippen LogP contribution in [0.1, 0.15) is 19.8 Å². The standard InChI is InChI=1S/C19H24BrN3O4/c1-3-4-12-26-19(24)23-10-8-22(9-11-23)17-13-16(27-21-17)14-6-5-7-15(20)18(14)25-2/h5-7,13H,3-4,8-12H2,1-2H3. The van der Waals surface area contributed by atoms with E-state index in [0.717, 1.165) is 28.7 Å². The lowest BCUT2D eigenvalue weighted by Crippen LogP contribution is -2.49. The minimum atomic E-state index is -0.234. The second-order valence-electron chi connectivity index (χ2n) is 6.31. The lowest BCUT2D eigenvalue weighted by molar-refractivity contribution is 0.0988. The molecule has 27 heavy (non-hydrogen) atoms. The third-order valence-corrected chi connectivity index (χ3v) is 5.14. The molecule has 1 aromatic carbocycles. The first-order valence-electron chi connectivity index (χ1n) is 9.10. The van der Waals surface area contributed by atoms with Gasteiger partial charge in [0.05, 0.1) is 23.8 Å². The number of carbonyl (C=O) groups is 1. The van der Waals surface area contributed by atoms with Crippen LogP contribution in [0.5, 0.6) is 5.75 Å². The maximum atomic E-state index is 12.0. The normalized spacial score (nSPS) is 14.3. The molecule has 2 heterocycles. The number of hydrogen-bond donors (Lipinski definition) is 0. The maximum absolute atomic E-state index is 12.0. The number of benzene rings is 1. The Hall–Kier alpha value is -2.22. The molecule has 1 saturated heterocycles. The van der Waals surface area contributed by atoms with Crippen molar-refractivity contribution in [2.24, 2.45) is 0 Å². The lowest BCUT2D eigenvalue weighted by Gasteiger charge is -2.33. The van der Waals surface area contributed by atoms with E-state index in [1.807, 2.05) is 24.3 Å². The lowest BCUT2D eigenvalue weighted by atomic mass is 10.1. The molecule has 0 N–H and O–H groups in total. The van der Waals surface area contributed by atoms with Crippen molar-refractivity contribution in [3.05, 3.63) is 28.7 Å². The van der Waals surface area contributed by atoms with Crippen LogP contribution < -0.4 is 9.64 Å². The van der Waals surface area contributed by atoms with Gasteiger partial charge in [0.1, 0.15) is 5.75 Å². The van der Waals surface area contributed by atoms with Crippen LogP contribution in [0, 0.1) is 0 Å². The number of anilines is 1. The van der Waals surface area contributed by atoms with Gasteiger partial charge in [-0.1, -0.05) is 24.6 Å². The van der Waals surface area contributed by atoms with E-state index in [-0.39, 0.29) is 6.09 Å². The zero-order valence-corrected chi connectivity index (χ0v) is 17.2. The molecule has 0 saturated carbocycles. The molecule has 146 valence electrons. The Morgan fingerprint density at radius 2 is 2.07 bits per heavy atom. The van der Waals surface area contributed by atoms with Crippen LogP contribution in [0.2, 0.25) is 0 Å². The Morgan fingerprint density at radius 1 is 1.30 bits per heavy atom. The van der Waals surface area contributed by atoms with E-state index in [1.165, 1.54) is 0 Å². The van der Waals surface area contributed by atoms with Crippen molar-refractivity contribution in [1.29, 1.82) is 0 Å². The quantitative estimate of drug-likeness (QED) is 0.631. The number of para-hydroxylation sites is 1. The summed E-state index contributed by atoms with van der Waals surface area (Å²) >= 11 is 3.48. The monoisotopic (exact) mass is 437 g/mol. The van der Waals surface area contributed by atoms with Gasteiger partial charge in [-0.05, 0) is 34.5 Å². The molecule has 3 rings (SSSR count). The molecular formula is C19H24BrN3O4. The summed E-state index contributed by atoms with van der Waals surface area (Å²) < 4.78 is 17.1. The van der Waals surface area contributed by atoms with Gasteiger partial charge in [0, 0.05) is 32.2 Å². The van der Waals surface area contributed by atoms with Crippen LogP contribution in [0.4, 0.5) is 10.6 Å². The Labute approximate surface area is 167 Å². The van der Waals surface area contributed by atoms with Crippen molar-refractivity contribution in [1.82, 2.24) is 10.1 Å². The first kappa shape index (κ1) is 19.5. The SMILES string of the molecule is CCCCOC(=O)N1CCN(c2cc(-c3cccc(Br)c3OC)on2)CC1. The predicted octanol–water partition coefficient (Wildman–Crippen LogP) is 4.17. The van der Waals surface area contributed by atoms with Crippen LogP contribution in [0.15, 0.2) is 33.3 Å². The van der Waals surface area contributed by atoms with Crippen molar-refractivity contribution in [3.8, 4) is 17.1 Å². The number of amides is 1. The van der Waals surface area contributed by atoms with Crippen LogP contribution in [-0.2, 0) is 4.74 Å². The van der Waals surface area contributed by atoms with Gasteiger partial charge in [-0.15, -0.1) is 0 Å². The third kappa shape index (κ3) is 4.55. The van der Waals surface area contributed by atoms with Crippen molar-refractivity contribution in [2.45, 2.75) is 19.8 Å². The molecule has 1 aliphatic heterocycles. The zero-order chi connectivity index (χ0) is 19.2. The predicted molar refractivity (Wildman–Crippen MR) is 106 cm³/mol. The highest BCUT2D eigenvalue weighted by Gasteiger charge is 2.24. The third-order valence-electron chi connectivity index (χ3n) is 4.52. The molecule has 7 nitrogen and oxygen atoms in total. The second kappa shape index (κ2) is 9.12. The highest BCUT2D eigenvalue weighted by Crippen LogP contribution is 2.37. The smallest absolute Gasteiger partial charge is 0.409 e. The molecular weight excluding hydrogens is 414 g/mol. The van der Waals surface area contributed by atoms with E-state index in [0.29, 0.717) is 44.3 Å². The number of carbonyl (C=O) groups excluding carboxylic acids is 1. The number of rotatable bonds is 6. The fraction of sp³-hybridized carbons (Fsp3) is 0.474. The topological polar surface area (TPSA) is 68.0 Å². The molecule has 1 amide bonds. The number of hydrogen-bond acceptors (Lipinski definition) is 6. The number of nitrogens with zero attached hydrogens (tertiary/aromatic N) is 3. The highest BCUT2D eigenvalue weighted by atomic mass is 79.9. The van der Waals surface area contributed by atoms with E-state index in [9.17, 15) is 4.79 Å². The summed E-state index contributed by atoms with van der Waals surface area (Å²) in [5.74, 6) is 2.11. The fourth-order valence-corrected chi connectivity index (χ4v) is 3.49. The molecule has 0 radical (unpaired) electrons. The fourth-order valence-electron chi connectivity index (χ4n) is 2.97. The number of halogens is 1. The van der Waals surface area contributed by atoms with Crippen molar-refractivity contribution in [2.75, 3.05) is 44.8 Å². The first-order chi connectivity index (χ1) is 13.1. The summed E-state index contributed by atoms with van der Waals surface area (Å²) in [6.45, 7) is 5.13. The molecule has 0 spiro atoms. The van der Waals surface area contributed by atoms with Crippen LogP contribution >= 0.6 is 15.9 Å². The van der Waals surface area contributed by atoms with Gasteiger partial charge >= 0.3 is 6.09 Å². The Bertz CT molecular complexity index is 772. The van der Waals surface area contributed by atoms with Crippen LogP contribution in [0.25, 0.3) is 11.3 Å². The molecule has 1 aliphatic rings. The first-order valence-corrected chi connectivity index (χ1v) is 9.89. The van der Waals surface area contributed by atoms with Gasteiger partial charge < -0.3 is 23.8 Å². The summed E-state index contributed by atoms with van der Waals surface area (Å²) in [6, 6.07) is 7.67. The summed E-state index contributed by atoms with van der Waals surface area (Å²) in [5, 5.41) is 4.20. The van der Waals surface area contributed by atoms with Crippen molar-refractivity contribution in [3.63, 3.8) is 0 Å². The second-order valence-corrected chi connectivity index (χ2v) is 7.17. The molecule has 0 unspecified atom stereocenters. The molecule has 1 fully saturated rings. The van der Waals surface area contributed by atoms with E-state index in [2.05, 4.69) is 32.9 Å². The summed E-state index contributed by atoms with van der Waals surface area (Å²) in [7, 11) is 1.62. The zero-order valence-electron chi connectivity index (χ0n) is 15.6. The summed E-state index contributed by atoms with van der Waals surface area (Å²) in [5.41, 5.74) is 0.837. The number of methoxy groups -OCH3 is 1. The molecule has 1 aromatic heterocycles. The largest absolute Gasteiger partial charge is 0.495 e. The average Bonchev–Trinajstić information content (AvgIpc) is 3.18. The van der Waals surface area contributed by atoms with Crippen molar-refractivity contribution >= 4 is 27.8 Å². The van der Waals surface area contributed by atoms with Gasteiger partial charge in [-0.3, -0.25) is 0 Å². The van der Waals surface area contributed by atoms with Gasteiger partial charge in [-0.2, -0.15) is 0 Å². The minimum Gasteiger partial charge on any atom is -0.495 e. The van der Waals surface area contributed by atoms with E-state index in [1.54, 1.807) is 12.0 Å². The van der Waals surface area contributed by atoms with Crippen LogP contribution in [-0.4, -0.2) is 56.0 Å². The van der Waals surface area contributed by atoms with Crippen LogP contribution in [0.3, 0.4) is 0 Å². The maximum Gasteiger partial charge on any atom is 0.409 e. The van der Waals surface area contributed by atoms with E-state index >= 15 is 0 Å². The summed E-state index contributed by atoms with van der Waals surface area (Å²) in [6.07, 6.45) is 1.67. The van der Waals surface area contributed by atoms with Gasteiger partial charge in [0.2, 0.25) is 0 Å². The molecule has 0 atom stereocenters. The van der Waals surface area contributed by atoms with E-state index in [4.69, 9.17) is 14.0 Å². The number of aromatic nitrogens is 1. The minimum absolute atomic E-state index is 0.234.